The zero-order valence-corrected chi connectivity index (χ0v) is 23.3. The summed E-state index contributed by atoms with van der Waals surface area (Å²) in [6.45, 7) is 3.46. The number of primary amides is 1. The second kappa shape index (κ2) is 11.4. The van der Waals surface area contributed by atoms with Gasteiger partial charge in [-0.25, -0.2) is 19.3 Å². The number of esters is 1. The number of hydrogen-bond acceptors (Lipinski definition) is 10. The summed E-state index contributed by atoms with van der Waals surface area (Å²) < 4.78 is 31.2. The summed E-state index contributed by atoms with van der Waals surface area (Å²) in [7, 11) is 0. The molecule has 2 aliphatic heterocycles. The van der Waals surface area contributed by atoms with Gasteiger partial charge in [-0.1, -0.05) is 0 Å². The van der Waals surface area contributed by atoms with Gasteiger partial charge in [0.1, 0.15) is 11.2 Å². The number of piperidine rings is 1. The lowest BCUT2D eigenvalue weighted by atomic mass is 9.91. The Bertz CT molecular complexity index is 1440. The zero-order valence-electron chi connectivity index (χ0n) is 23.3. The number of imidazole rings is 1. The zero-order chi connectivity index (χ0) is 29.3. The fourth-order valence-electron chi connectivity index (χ4n) is 5.02. The van der Waals surface area contributed by atoms with Crippen LogP contribution in [0.5, 0.6) is 0 Å². The minimum absolute atomic E-state index is 0.0239. The summed E-state index contributed by atoms with van der Waals surface area (Å²) in [6.07, 6.45) is 5.58. The number of halogens is 1. The number of aromatic amines is 1. The number of ether oxygens (including phenoxy) is 3. The van der Waals surface area contributed by atoms with Crippen molar-refractivity contribution in [3.63, 3.8) is 0 Å². The molecule has 2 saturated heterocycles. The van der Waals surface area contributed by atoms with Crippen LogP contribution in [0.15, 0.2) is 36.5 Å². The van der Waals surface area contributed by atoms with Crippen LogP contribution in [0.25, 0.3) is 22.6 Å². The van der Waals surface area contributed by atoms with Crippen molar-refractivity contribution in [2.24, 2.45) is 17.1 Å². The van der Waals surface area contributed by atoms with E-state index in [9.17, 15) is 14.0 Å². The Morgan fingerprint density at radius 2 is 1.81 bits per heavy atom. The third-order valence-electron chi connectivity index (χ3n) is 7.87. The van der Waals surface area contributed by atoms with E-state index in [1.807, 2.05) is 0 Å². The quantitative estimate of drug-likeness (QED) is 0.277. The molecular formula is C29H34FN7O5. The van der Waals surface area contributed by atoms with Gasteiger partial charge in [-0.05, 0) is 81.9 Å². The molecule has 1 amide bonds. The number of nitrogens with zero attached hydrogens (tertiary/aromatic N) is 3. The molecule has 3 aromatic rings. The molecule has 2 aromatic heterocycles. The van der Waals surface area contributed by atoms with Gasteiger partial charge >= 0.3 is 11.8 Å². The minimum Gasteiger partial charge on any atom is -0.465 e. The summed E-state index contributed by atoms with van der Waals surface area (Å²) >= 11 is 0. The highest BCUT2D eigenvalue weighted by Gasteiger charge is 2.54. The number of anilines is 1. The Morgan fingerprint density at radius 1 is 1.10 bits per heavy atom. The summed E-state index contributed by atoms with van der Waals surface area (Å²) in [5.74, 6) is -3.11. The molecule has 3 aliphatic rings. The molecule has 0 unspecified atom stereocenters. The molecule has 6 rings (SSSR count). The number of nitrogens with one attached hydrogen (secondary N) is 3. The minimum atomic E-state index is -2.10. The lowest BCUT2D eigenvalue weighted by Crippen LogP contribution is -2.56. The molecule has 0 atom stereocenters. The van der Waals surface area contributed by atoms with E-state index in [0.29, 0.717) is 41.1 Å². The van der Waals surface area contributed by atoms with Gasteiger partial charge in [-0.15, -0.1) is 0 Å². The number of carbonyl (C=O) groups is 2. The maximum Gasteiger partial charge on any atom is 0.316 e. The summed E-state index contributed by atoms with van der Waals surface area (Å²) in [4.78, 5) is 42.6. The highest BCUT2D eigenvalue weighted by atomic mass is 19.1. The van der Waals surface area contributed by atoms with E-state index in [1.165, 1.54) is 12.1 Å². The Balaban J connectivity index is 1.33. The van der Waals surface area contributed by atoms with Crippen molar-refractivity contribution in [3.8, 4) is 22.6 Å². The fraction of sp³-hybridized carbons (Fsp3) is 0.483. The van der Waals surface area contributed by atoms with Crippen LogP contribution < -0.4 is 16.4 Å². The first-order chi connectivity index (χ1) is 20.3. The third-order valence-corrected chi connectivity index (χ3v) is 7.87. The van der Waals surface area contributed by atoms with Crippen molar-refractivity contribution >= 4 is 17.8 Å². The average Bonchev–Trinajstić information content (AvgIpc) is 3.73. The van der Waals surface area contributed by atoms with E-state index < -0.39 is 28.9 Å². The van der Waals surface area contributed by atoms with Crippen LogP contribution in [0, 0.1) is 17.2 Å². The molecule has 1 saturated carbocycles. The van der Waals surface area contributed by atoms with Crippen LogP contribution in [-0.4, -0.2) is 70.8 Å². The van der Waals surface area contributed by atoms with Gasteiger partial charge in [-0.2, -0.15) is 0 Å². The highest BCUT2D eigenvalue weighted by molar-refractivity contribution is 5.85. The molecule has 5 N–H and O–H groups in total. The molecule has 0 spiro atoms. The van der Waals surface area contributed by atoms with Crippen molar-refractivity contribution in [2.75, 3.05) is 38.2 Å². The lowest BCUT2D eigenvalue weighted by molar-refractivity contribution is -0.293. The van der Waals surface area contributed by atoms with Crippen LogP contribution in [-0.2, 0) is 29.6 Å². The predicted octanol–water partition coefficient (Wildman–Crippen LogP) is 2.48. The first-order valence-electron chi connectivity index (χ1n) is 14.2. The molecule has 222 valence electrons. The van der Waals surface area contributed by atoms with Crippen molar-refractivity contribution in [1.29, 1.82) is 0 Å². The van der Waals surface area contributed by atoms with Gasteiger partial charge in [0.05, 0.1) is 36.9 Å². The molecule has 3 fully saturated rings. The van der Waals surface area contributed by atoms with E-state index in [2.05, 4.69) is 25.6 Å². The number of benzene rings is 1. The SMILES string of the molecule is CC1(C(=O)OCC2CC2)COC(C(N)=O)(c2nc(-c3ccc(F)cc3)c(-c3ccnc(NC4CCNCC4)n3)[nH]2)OC1. The number of nitrogens with two attached hydrogens (primary N) is 1. The molecule has 0 bridgehead atoms. The Hall–Kier alpha value is -3.94. The Morgan fingerprint density at radius 3 is 2.48 bits per heavy atom. The number of aromatic nitrogens is 4. The topological polar surface area (TPSA) is 166 Å². The van der Waals surface area contributed by atoms with Gasteiger partial charge in [0.15, 0.2) is 5.82 Å². The molecule has 1 aliphatic carbocycles. The summed E-state index contributed by atoms with van der Waals surface area (Å²) in [5.41, 5.74) is 6.54. The van der Waals surface area contributed by atoms with Crippen molar-refractivity contribution in [3.05, 3.63) is 48.2 Å². The summed E-state index contributed by atoms with van der Waals surface area (Å²) in [6, 6.07) is 7.69. The molecule has 13 heteroatoms. The van der Waals surface area contributed by atoms with Gasteiger partial charge in [0.2, 0.25) is 5.95 Å². The van der Waals surface area contributed by atoms with Crippen molar-refractivity contribution in [1.82, 2.24) is 25.3 Å². The van der Waals surface area contributed by atoms with Crippen LogP contribution in [0.4, 0.5) is 10.3 Å². The Kier molecular flexibility index (Phi) is 7.64. The van der Waals surface area contributed by atoms with Crippen LogP contribution in [0.2, 0.25) is 0 Å². The number of H-pyrrole nitrogens is 1. The van der Waals surface area contributed by atoms with Crippen LogP contribution in [0.1, 0.15) is 38.4 Å². The third kappa shape index (κ3) is 5.72. The number of rotatable bonds is 9. The maximum atomic E-state index is 13.8. The molecule has 4 heterocycles. The predicted molar refractivity (Wildman–Crippen MR) is 149 cm³/mol. The smallest absolute Gasteiger partial charge is 0.316 e. The normalized spacial score (nSPS) is 24.7. The Labute approximate surface area is 242 Å². The maximum absolute atomic E-state index is 13.8. The van der Waals surface area contributed by atoms with Gasteiger partial charge in [0.25, 0.3) is 5.91 Å². The highest BCUT2D eigenvalue weighted by Crippen LogP contribution is 2.40. The number of carbonyl (C=O) groups excluding carboxylic acids is 2. The molecule has 12 nitrogen and oxygen atoms in total. The second-order valence-corrected chi connectivity index (χ2v) is 11.4. The van der Waals surface area contributed by atoms with E-state index >= 15 is 0 Å². The largest absolute Gasteiger partial charge is 0.465 e. The van der Waals surface area contributed by atoms with Crippen LogP contribution in [0.3, 0.4) is 0 Å². The molecule has 42 heavy (non-hydrogen) atoms. The fourth-order valence-corrected chi connectivity index (χ4v) is 5.02. The first kappa shape index (κ1) is 28.2. The average molecular weight is 580 g/mol. The van der Waals surface area contributed by atoms with Gasteiger partial charge in [0, 0.05) is 17.8 Å². The van der Waals surface area contributed by atoms with E-state index in [0.717, 1.165) is 38.8 Å². The molecule has 0 radical (unpaired) electrons. The van der Waals surface area contributed by atoms with Crippen LogP contribution >= 0.6 is 0 Å². The molecule has 1 aromatic carbocycles. The first-order valence-corrected chi connectivity index (χ1v) is 14.2. The van der Waals surface area contributed by atoms with E-state index in [-0.39, 0.29) is 25.1 Å². The lowest BCUT2D eigenvalue weighted by Gasteiger charge is -2.40. The second-order valence-electron chi connectivity index (χ2n) is 11.4. The monoisotopic (exact) mass is 579 g/mol. The molecular weight excluding hydrogens is 545 g/mol. The van der Waals surface area contributed by atoms with E-state index in [4.69, 9.17) is 24.9 Å². The van der Waals surface area contributed by atoms with Crippen molar-refractivity contribution < 1.29 is 28.2 Å². The van der Waals surface area contributed by atoms with Gasteiger partial charge < -0.3 is 35.6 Å². The number of amides is 1. The van der Waals surface area contributed by atoms with Crippen molar-refractivity contribution in [2.45, 2.75) is 44.4 Å². The van der Waals surface area contributed by atoms with Gasteiger partial charge in [-0.3, -0.25) is 9.59 Å². The summed E-state index contributed by atoms with van der Waals surface area (Å²) in [5, 5.41) is 6.71. The standard InChI is InChI=1S/C29H34FN7O5/c1-28(26(39)40-14-17-2-3-17)15-41-29(24(31)38,42-16-28)25-36-22(18-4-6-19(30)7-5-18)23(37-25)21-10-13-33-27(35-21)34-20-8-11-32-12-9-20/h4-7,10,13,17,20,32H,2-3,8-9,11-12,14-16H2,1H3,(H2,31,38)(H,36,37)(H,33,34,35). The number of hydrogen-bond donors (Lipinski definition) is 4. The van der Waals surface area contributed by atoms with E-state index in [1.54, 1.807) is 31.3 Å².